The Bertz CT molecular complexity index is 372. The first-order valence-electron chi connectivity index (χ1n) is 6.92. The fraction of sp³-hybridized carbons (Fsp3) is 0.733. The van der Waals surface area contributed by atoms with E-state index in [1.807, 2.05) is 11.3 Å². The first-order chi connectivity index (χ1) is 8.45. The predicted molar refractivity (Wildman–Crippen MR) is 79.7 cm³/mol. The normalized spacial score (nSPS) is 31.4. The molecule has 2 atom stereocenters. The van der Waals surface area contributed by atoms with E-state index in [0.29, 0.717) is 5.41 Å². The Morgan fingerprint density at radius 2 is 2.22 bits per heavy atom. The predicted octanol–water partition coefficient (Wildman–Crippen LogP) is 3.38. The van der Waals surface area contributed by atoms with Gasteiger partial charge in [0.2, 0.25) is 0 Å². The van der Waals surface area contributed by atoms with E-state index >= 15 is 0 Å². The van der Waals surface area contributed by atoms with Gasteiger partial charge < -0.3 is 11.1 Å². The molecule has 1 aliphatic rings. The molecule has 3 N–H and O–H groups in total. The molecule has 0 amide bonds. The third-order valence-electron chi connectivity index (χ3n) is 4.07. The van der Waals surface area contributed by atoms with E-state index in [2.05, 4.69) is 43.6 Å². The topological polar surface area (TPSA) is 38.0 Å². The third-order valence-corrected chi connectivity index (χ3v) is 4.94. The highest BCUT2D eigenvalue weighted by atomic mass is 32.1. The van der Waals surface area contributed by atoms with Crippen molar-refractivity contribution in [1.29, 1.82) is 0 Å². The van der Waals surface area contributed by atoms with Gasteiger partial charge in [0, 0.05) is 23.5 Å². The van der Waals surface area contributed by atoms with Gasteiger partial charge in [0.1, 0.15) is 0 Å². The number of rotatable bonds is 4. The largest absolute Gasteiger partial charge is 0.329 e. The van der Waals surface area contributed by atoms with Crippen molar-refractivity contribution in [3.63, 3.8) is 0 Å². The Morgan fingerprint density at radius 1 is 1.44 bits per heavy atom. The molecule has 1 aromatic rings. The van der Waals surface area contributed by atoms with Crippen LogP contribution in [-0.2, 0) is 6.54 Å². The number of hydrogen-bond donors (Lipinski definition) is 2. The summed E-state index contributed by atoms with van der Waals surface area (Å²) in [7, 11) is 0. The maximum atomic E-state index is 6.10. The van der Waals surface area contributed by atoms with Crippen LogP contribution in [-0.4, -0.2) is 12.1 Å². The fourth-order valence-electron chi connectivity index (χ4n) is 3.79. The van der Waals surface area contributed by atoms with Gasteiger partial charge in [0.05, 0.1) is 0 Å². The van der Waals surface area contributed by atoms with Crippen LogP contribution in [0.2, 0.25) is 0 Å². The van der Waals surface area contributed by atoms with Crippen LogP contribution in [0, 0.1) is 11.3 Å². The first kappa shape index (κ1) is 14.0. The summed E-state index contributed by atoms with van der Waals surface area (Å²) in [4.78, 5) is 1.40. The maximum absolute atomic E-state index is 6.10. The first-order valence-corrected chi connectivity index (χ1v) is 7.80. The summed E-state index contributed by atoms with van der Waals surface area (Å²) in [5, 5.41) is 5.90. The lowest BCUT2D eigenvalue weighted by atomic mass is 9.64. The smallest absolute Gasteiger partial charge is 0.0314 e. The molecule has 2 unspecified atom stereocenters. The van der Waals surface area contributed by atoms with Crippen molar-refractivity contribution in [2.24, 2.45) is 17.1 Å². The SMILES string of the molecule is CC1CC(C)(C)CC(CN)(NCc2cccs2)C1. The Labute approximate surface area is 115 Å². The van der Waals surface area contributed by atoms with E-state index in [0.717, 1.165) is 19.0 Å². The molecule has 2 nitrogen and oxygen atoms in total. The number of nitrogens with two attached hydrogens (primary N) is 1. The number of hydrogen-bond acceptors (Lipinski definition) is 3. The van der Waals surface area contributed by atoms with Crippen LogP contribution in [0.1, 0.15) is 44.9 Å². The van der Waals surface area contributed by atoms with Crippen molar-refractivity contribution < 1.29 is 0 Å². The van der Waals surface area contributed by atoms with Crippen molar-refractivity contribution in [2.75, 3.05) is 6.54 Å². The van der Waals surface area contributed by atoms with E-state index < -0.39 is 0 Å². The molecule has 2 rings (SSSR count). The average molecular weight is 266 g/mol. The van der Waals surface area contributed by atoms with Crippen LogP contribution in [0.25, 0.3) is 0 Å². The minimum Gasteiger partial charge on any atom is -0.329 e. The van der Waals surface area contributed by atoms with Crippen molar-refractivity contribution >= 4 is 11.3 Å². The van der Waals surface area contributed by atoms with Gasteiger partial charge in [-0.1, -0.05) is 26.8 Å². The summed E-state index contributed by atoms with van der Waals surface area (Å²) in [6.45, 7) is 8.81. The van der Waals surface area contributed by atoms with Crippen LogP contribution >= 0.6 is 11.3 Å². The summed E-state index contributed by atoms with van der Waals surface area (Å²) in [6.07, 6.45) is 3.71. The highest BCUT2D eigenvalue weighted by Crippen LogP contribution is 2.43. The summed E-state index contributed by atoms with van der Waals surface area (Å²) >= 11 is 1.82. The molecule has 0 saturated heterocycles. The van der Waals surface area contributed by atoms with Gasteiger partial charge in [-0.25, -0.2) is 0 Å². The summed E-state index contributed by atoms with van der Waals surface area (Å²) in [5.41, 5.74) is 6.63. The molecular formula is C15H26N2S. The van der Waals surface area contributed by atoms with Gasteiger partial charge in [-0.15, -0.1) is 11.3 Å². The lowest BCUT2D eigenvalue weighted by molar-refractivity contribution is 0.0852. The lowest BCUT2D eigenvalue weighted by Gasteiger charge is -2.48. The summed E-state index contributed by atoms with van der Waals surface area (Å²) in [5.74, 6) is 0.758. The van der Waals surface area contributed by atoms with E-state index in [4.69, 9.17) is 5.73 Å². The van der Waals surface area contributed by atoms with Gasteiger partial charge in [0.25, 0.3) is 0 Å². The molecule has 1 aromatic heterocycles. The minimum atomic E-state index is 0.130. The highest BCUT2D eigenvalue weighted by Gasteiger charge is 2.41. The van der Waals surface area contributed by atoms with Gasteiger partial charge in [-0.05, 0) is 42.0 Å². The second-order valence-electron chi connectivity index (χ2n) is 6.77. The van der Waals surface area contributed by atoms with Crippen molar-refractivity contribution in [3.8, 4) is 0 Å². The maximum Gasteiger partial charge on any atom is 0.0314 e. The Hall–Kier alpha value is -0.380. The molecule has 1 heterocycles. The van der Waals surface area contributed by atoms with Gasteiger partial charge in [-0.2, -0.15) is 0 Å². The monoisotopic (exact) mass is 266 g/mol. The van der Waals surface area contributed by atoms with Crippen LogP contribution in [0.15, 0.2) is 17.5 Å². The van der Waals surface area contributed by atoms with Crippen LogP contribution in [0.3, 0.4) is 0 Å². The zero-order chi connectivity index (χ0) is 13.2. The zero-order valence-electron chi connectivity index (χ0n) is 11.8. The Morgan fingerprint density at radius 3 is 2.78 bits per heavy atom. The molecule has 0 aromatic carbocycles. The molecule has 3 heteroatoms. The minimum absolute atomic E-state index is 0.130. The van der Waals surface area contributed by atoms with Crippen molar-refractivity contribution in [2.45, 2.75) is 52.1 Å². The molecule has 0 spiro atoms. The molecule has 18 heavy (non-hydrogen) atoms. The zero-order valence-corrected chi connectivity index (χ0v) is 12.6. The van der Waals surface area contributed by atoms with Gasteiger partial charge >= 0.3 is 0 Å². The van der Waals surface area contributed by atoms with Crippen molar-refractivity contribution in [1.82, 2.24) is 5.32 Å². The van der Waals surface area contributed by atoms with Crippen molar-refractivity contribution in [3.05, 3.63) is 22.4 Å². The van der Waals surface area contributed by atoms with Crippen LogP contribution < -0.4 is 11.1 Å². The lowest BCUT2D eigenvalue weighted by Crippen LogP contribution is -2.56. The average Bonchev–Trinajstić information content (AvgIpc) is 2.76. The quantitative estimate of drug-likeness (QED) is 0.877. The molecule has 1 aliphatic carbocycles. The van der Waals surface area contributed by atoms with Gasteiger partial charge in [0.15, 0.2) is 0 Å². The van der Waals surface area contributed by atoms with E-state index in [1.54, 1.807) is 0 Å². The van der Waals surface area contributed by atoms with Gasteiger partial charge in [-0.3, -0.25) is 0 Å². The standard InChI is InChI=1S/C15H26N2S/c1-12-7-14(2,3)10-15(8-12,11-16)17-9-13-5-4-6-18-13/h4-6,12,17H,7-11,16H2,1-3H3. The van der Waals surface area contributed by atoms with E-state index in [1.165, 1.54) is 24.1 Å². The molecule has 102 valence electrons. The van der Waals surface area contributed by atoms with E-state index in [-0.39, 0.29) is 5.54 Å². The molecule has 1 saturated carbocycles. The number of nitrogens with one attached hydrogen (secondary N) is 1. The highest BCUT2D eigenvalue weighted by molar-refractivity contribution is 7.09. The Balaban J connectivity index is 2.05. The molecular weight excluding hydrogens is 240 g/mol. The number of thiophene rings is 1. The third kappa shape index (κ3) is 3.34. The molecule has 1 fully saturated rings. The fourth-order valence-corrected chi connectivity index (χ4v) is 4.44. The van der Waals surface area contributed by atoms with Crippen LogP contribution in [0.4, 0.5) is 0 Å². The van der Waals surface area contributed by atoms with E-state index in [9.17, 15) is 0 Å². The molecule has 0 aliphatic heterocycles. The Kier molecular flexibility index (Phi) is 4.15. The second kappa shape index (κ2) is 5.32. The second-order valence-corrected chi connectivity index (χ2v) is 7.80. The molecule has 0 radical (unpaired) electrons. The summed E-state index contributed by atoms with van der Waals surface area (Å²) in [6, 6.07) is 4.31. The summed E-state index contributed by atoms with van der Waals surface area (Å²) < 4.78 is 0. The van der Waals surface area contributed by atoms with Crippen LogP contribution in [0.5, 0.6) is 0 Å². The molecule has 0 bridgehead atoms.